The summed E-state index contributed by atoms with van der Waals surface area (Å²) in [5.41, 5.74) is 0.275. The van der Waals surface area contributed by atoms with Crippen LogP contribution in [0, 0.1) is 0 Å². The second-order valence-corrected chi connectivity index (χ2v) is 2.88. The summed E-state index contributed by atoms with van der Waals surface area (Å²) >= 11 is 0. The van der Waals surface area contributed by atoms with Gasteiger partial charge in [-0.15, -0.1) is 0 Å². The van der Waals surface area contributed by atoms with Crippen LogP contribution in [0.3, 0.4) is 0 Å². The van der Waals surface area contributed by atoms with Gasteiger partial charge in [0.05, 0.1) is 6.54 Å². The lowest BCUT2D eigenvalue weighted by atomic mass is 10.4. The minimum absolute atomic E-state index is 0.0122. The first-order valence-corrected chi connectivity index (χ1v) is 4.45. The van der Waals surface area contributed by atoms with Crippen molar-refractivity contribution in [3.63, 3.8) is 0 Å². The Morgan fingerprint density at radius 1 is 1.38 bits per heavy atom. The molecule has 1 amide bonds. The third-order valence-electron chi connectivity index (χ3n) is 1.36. The van der Waals surface area contributed by atoms with Gasteiger partial charge in [-0.05, 0) is 6.92 Å². The molecule has 0 aromatic heterocycles. The Labute approximate surface area is 92.6 Å². The topological polar surface area (TPSA) is 92.7 Å². The van der Waals surface area contributed by atoms with E-state index in [4.69, 9.17) is 5.11 Å². The maximum absolute atomic E-state index is 10.9. The van der Waals surface area contributed by atoms with Crippen LogP contribution in [0.5, 0.6) is 0 Å². The van der Waals surface area contributed by atoms with Gasteiger partial charge in [0, 0.05) is 17.7 Å². The Morgan fingerprint density at radius 3 is 2.50 bits per heavy atom. The molecule has 0 atom stereocenters. The van der Waals surface area contributed by atoms with Gasteiger partial charge in [0.1, 0.15) is 6.61 Å². The predicted octanol–water partition coefficient (Wildman–Crippen LogP) is -0.137. The third-order valence-corrected chi connectivity index (χ3v) is 1.36. The Balaban J connectivity index is 3.67. The summed E-state index contributed by atoms with van der Waals surface area (Å²) in [6, 6.07) is 0. The number of carboxylic acid groups (broad SMARTS) is 1. The molecule has 0 saturated heterocycles. The standard InChI is InChI=1S/C10H13NO5/c1-7(2)10(15)16-6-5-11-8(12)3-4-9(13)14/h3-4H,1,5-6H2,2H3,(H,11,12)(H,13,14)/b4-3-. The molecule has 0 aromatic rings. The lowest BCUT2D eigenvalue weighted by Gasteiger charge is -2.04. The van der Waals surface area contributed by atoms with Gasteiger partial charge in [0.15, 0.2) is 0 Å². The highest BCUT2D eigenvalue weighted by molar-refractivity contribution is 5.93. The van der Waals surface area contributed by atoms with Crippen molar-refractivity contribution in [1.29, 1.82) is 0 Å². The molecule has 0 rings (SSSR count). The summed E-state index contributed by atoms with van der Waals surface area (Å²) in [6.45, 7) is 5.02. The molecule has 2 N–H and O–H groups in total. The van der Waals surface area contributed by atoms with Crippen LogP contribution in [0.4, 0.5) is 0 Å². The lowest BCUT2D eigenvalue weighted by molar-refractivity contribution is -0.139. The zero-order valence-electron chi connectivity index (χ0n) is 8.86. The number of esters is 1. The van der Waals surface area contributed by atoms with Gasteiger partial charge in [-0.2, -0.15) is 0 Å². The molecule has 16 heavy (non-hydrogen) atoms. The summed E-state index contributed by atoms with van der Waals surface area (Å²) in [5.74, 6) is -2.30. The monoisotopic (exact) mass is 227 g/mol. The van der Waals surface area contributed by atoms with E-state index in [0.29, 0.717) is 0 Å². The zero-order chi connectivity index (χ0) is 12.6. The smallest absolute Gasteiger partial charge is 0.333 e. The molecule has 6 nitrogen and oxygen atoms in total. The van der Waals surface area contributed by atoms with Gasteiger partial charge in [-0.3, -0.25) is 4.79 Å². The molecule has 88 valence electrons. The number of carbonyl (C=O) groups is 3. The third kappa shape index (κ3) is 7.31. The predicted molar refractivity (Wildman–Crippen MR) is 55.6 cm³/mol. The normalized spacial score (nSPS) is 9.81. The van der Waals surface area contributed by atoms with Crippen LogP contribution in [0.1, 0.15) is 6.92 Å². The summed E-state index contributed by atoms with van der Waals surface area (Å²) < 4.78 is 4.69. The van der Waals surface area contributed by atoms with E-state index in [2.05, 4.69) is 16.6 Å². The van der Waals surface area contributed by atoms with Crippen LogP contribution in [-0.4, -0.2) is 36.1 Å². The van der Waals surface area contributed by atoms with Gasteiger partial charge < -0.3 is 15.2 Å². The van der Waals surface area contributed by atoms with E-state index in [1.165, 1.54) is 6.92 Å². The van der Waals surface area contributed by atoms with E-state index < -0.39 is 17.8 Å². The SMILES string of the molecule is C=C(C)C(=O)OCCNC(=O)/C=C\C(=O)O. The number of amides is 1. The van der Waals surface area contributed by atoms with Crippen molar-refractivity contribution in [3.8, 4) is 0 Å². The molecule has 0 spiro atoms. The Hall–Kier alpha value is -2.11. The van der Waals surface area contributed by atoms with Gasteiger partial charge in [-0.25, -0.2) is 9.59 Å². The molecule has 0 aromatic carbocycles. The number of nitrogens with one attached hydrogen (secondary N) is 1. The first kappa shape index (κ1) is 13.9. The van der Waals surface area contributed by atoms with Crippen molar-refractivity contribution >= 4 is 17.8 Å². The Bertz CT molecular complexity index is 332. The zero-order valence-corrected chi connectivity index (χ0v) is 8.86. The van der Waals surface area contributed by atoms with Crippen LogP contribution >= 0.6 is 0 Å². The van der Waals surface area contributed by atoms with E-state index in [0.717, 1.165) is 12.2 Å². The number of hydrogen-bond donors (Lipinski definition) is 2. The number of ether oxygens (including phenoxy) is 1. The first-order chi connectivity index (χ1) is 7.43. The summed E-state index contributed by atoms with van der Waals surface area (Å²) in [7, 11) is 0. The van der Waals surface area contributed by atoms with Crippen molar-refractivity contribution in [2.75, 3.05) is 13.2 Å². The Kier molecular flexibility index (Phi) is 6.27. The van der Waals surface area contributed by atoms with Gasteiger partial charge in [0.2, 0.25) is 5.91 Å². The number of carbonyl (C=O) groups excluding carboxylic acids is 2. The van der Waals surface area contributed by atoms with Crippen LogP contribution in [-0.2, 0) is 19.1 Å². The molecule has 0 fully saturated rings. The fourth-order valence-corrected chi connectivity index (χ4v) is 0.647. The van der Waals surface area contributed by atoms with Crippen LogP contribution in [0.2, 0.25) is 0 Å². The highest BCUT2D eigenvalue weighted by atomic mass is 16.5. The van der Waals surface area contributed by atoms with Crippen molar-refractivity contribution in [2.24, 2.45) is 0 Å². The molecular weight excluding hydrogens is 214 g/mol. The molecule has 0 aliphatic carbocycles. The number of rotatable bonds is 6. The lowest BCUT2D eigenvalue weighted by Crippen LogP contribution is -2.26. The molecule has 0 unspecified atom stereocenters. The maximum atomic E-state index is 10.9. The number of carboxylic acids is 1. The van der Waals surface area contributed by atoms with E-state index in [1.807, 2.05) is 0 Å². The van der Waals surface area contributed by atoms with E-state index in [9.17, 15) is 14.4 Å². The highest BCUT2D eigenvalue weighted by Gasteiger charge is 2.02. The van der Waals surface area contributed by atoms with Crippen LogP contribution < -0.4 is 5.32 Å². The molecule has 0 aliphatic rings. The molecular formula is C10H13NO5. The fourth-order valence-electron chi connectivity index (χ4n) is 0.647. The molecule has 6 heteroatoms. The molecule has 0 aliphatic heterocycles. The second kappa shape index (κ2) is 7.22. The molecule has 0 bridgehead atoms. The van der Waals surface area contributed by atoms with Gasteiger partial charge in [0.25, 0.3) is 0 Å². The van der Waals surface area contributed by atoms with Crippen molar-refractivity contribution in [3.05, 3.63) is 24.3 Å². The summed E-state index contributed by atoms with van der Waals surface area (Å²) in [5, 5.41) is 10.6. The quantitative estimate of drug-likeness (QED) is 0.374. The van der Waals surface area contributed by atoms with Crippen LogP contribution in [0.15, 0.2) is 24.3 Å². The average Bonchev–Trinajstić information content (AvgIpc) is 2.20. The minimum Gasteiger partial charge on any atom is -0.478 e. The number of aliphatic carboxylic acids is 1. The molecule has 0 heterocycles. The first-order valence-electron chi connectivity index (χ1n) is 4.45. The van der Waals surface area contributed by atoms with Gasteiger partial charge >= 0.3 is 11.9 Å². The van der Waals surface area contributed by atoms with E-state index in [-0.39, 0.29) is 18.7 Å². The maximum Gasteiger partial charge on any atom is 0.333 e. The second-order valence-electron chi connectivity index (χ2n) is 2.88. The molecule has 0 saturated carbocycles. The van der Waals surface area contributed by atoms with E-state index in [1.54, 1.807) is 0 Å². The summed E-state index contributed by atoms with van der Waals surface area (Å²) in [6.07, 6.45) is 1.60. The fraction of sp³-hybridized carbons (Fsp3) is 0.300. The summed E-state index contributed by atoms with van der Waals surface area (Å²) in [4.78, 5) is 31.8. The molecule has 0 radical (unpaired) electrons. The largest absolute Gasteiger partial charge is 0.478 e. The number of hydrogen-bond acceptors (Lipinski definition) is 4. The average molecular weight is 227 g/mol. The van der Waals surface area contributed by atoms with E-state index >= 15 is 0 Å². The van der Waals surface area contributed by atoms with Crippen molar-refractivity contribution in [2.45, 2.75) is 6.92 Å². The minimum atomic E-state index is -1.20. The highest BCUT2D eigenvalue weighted by Crippen LogP contribution is 1.90. The van der Waals surface area contributed by atoms with Gasteiger partial charge in [-0.1, -0.05) is 6.58 Å². The van der Waals surface area contributed by atoms with Crippen molar-refractivity contribution in [1.82, 2.24) is 5.32 Å². The van der Waals surface area contributed by atoms with Crippen LogP contribution in [0.25, 0.3) is 0 Å². The Morgan fingerprint density at radius 2 is 2.00 bits per heavy atom. The van der Waals surface area contributed by atoms with Crippen molar-refractivity contribution < 1.29 is 24.2 Å².